The van der Waals surface area contributed by atoms with Crippen LogP contribution in [0, 0.1) is 6.92 Å². The number of rotatable bonds is 6. The number of ether oxygens (including phenoxy) is 1. The van der Waals surface area contributed by atoms with Crippen molar-refractivity contribution in [1.29, 1.82) is 0 Å². The molecule has 0 saturated heterocycles. The first kappa shape index (κ1) is 17.1. The van der Waals surface area contributed by atoms with Crippen molar-refractivity contribution in [1.82, 2.24) is 4.72 Å². The van der Waals surface area contributed by atoms with Crippen molar-refractivity contribution in [2.75, 3.05) is 13.7 Å². The Bertz CT molecular complexity index is 747. The topological polar surface area (TPSA) is 55.4 Å². The van der Waals surface area contributed by atoms with Crippen LogP contribution in [0.2, 0.25) is 0 Å². The third-order valence-corrected chi connectivity index (χ3v) is 5.84. The van der Waals surface area contributed by atoms with E-state index in [2.05, 4.69) is 20.7 Å². The summed E-state index contributed by atoms with van der Waals surface area (Å²) in [6, 6.07) is 14.5. The molecule has 4 nitrogen and oxygen atoms in total. The standard InChI is InChI=1S/C16H18BrNO3S/c1-12-7-3-4-8-13(12)15(21-2)11-18-22(19,20)16-10-6-5-9-14(16)17/h3-10,15,18H,11H2,1-2H3/t15-/m1/s1. The summed E-state index contributed by atoms with van der Waals surface area (Å²) in [4.78, 5) is 0.217. The summed E-state index contributed by atoms with van der Waals surface area (Å²) < 4.78 is 33.4. The van der Waals surface area contributed by atoms with Gasteiger partial charge in [0.25, 0.3) is 0 Å². The van der Waals surface area contributed by atoms with E-state index in [9.17, 15) is 8.42 Å². The van der Waals surface area contributed by atoms with Gasteiger partial charge in [-0.2, -0.15) is 0 Å². The van der Waals surface area contributed by atoms with Crippen LogP contribution in [-0.2, 0) is 14.8 Å². The Morgan fingerprint density at radius 3 is 2.41 bits per heavy atom. The SMILES string of the molecule is CO[C@H](CNS(=O)(=O)c1ccccc1Br)c1ccccc1C. The second-order valence-corrected chi connectivity index (χ2v) is 7.45. The van der Waals surface area contributed by atoms with Crippen LogP contribution in [0.15, 0.2) is 57.9 Å². The lowest BCUT2D eigenvalue weighted by Gasteiger charge is -2.19. The maximum absolute atomic E-state index is 12.4. The second-order valence-electron chi connectivity index (χ2n) is 4.86. The zero-order chi connectivity index (χ0) is 16.2. The minimum Gasteiger partial charge on any atom is -0.375 e. The van der Waals surface area contributed by atoms with Crippen LogP contribution in [0.4, 0.5) is 0 Å². The van der Waals surface area contributed by atoms with Gasteiger partial charge in [-0.1, -0.05) is 36.4 Å². The van der Waals surface area contributed by atoms with Gasteiger partial charge in [-0.3, -0.25) is 0 Å². The Kier molecular flexibility index (Phi) is 5.74. The van der Waals surface area contributed by atoms with Crippen molar-refractivity contribution >= 4 is 26.0 Å². The summed E-state index contributed by atoms with van der Waals surface area (Å²) in [5, 5.41) is 0. The summed E-state index contributed by atoms with van der Waals surface area (Å²) in [5.74, 6) is 0. The molecule has 2 rings (SSSR count). The Balaban J connectivity index is 2.17. The van der Waals surface area contributed by atoms with Gasteiger partial charge in [-0.05, 0) is 46.1 Å². The highest BCUT2D eigenvalue weighted by Gasteiger charge is 2.20. The Morgan fingerprint density at radius 2 is 1.77 bits per heavy atom. The molecule has 0 saturated carbocycles. The van der Waals surface area contributed by atoms with Gasteiger partial charge in [0, 0.05) is 18.1 Å². The molecule has 2 aromatic carbocycles. The lowest BCUT2D eigenvalue weighted by Crippen LogP contribution is -2.29. The molecule has 1 N–H and O–H groups in total. The zero-order valence-electron chi connectivity index (χ0n) is 12.4. The highest BCUT2D eigenvalue weighted by Crippen LogP contribution is 2.23. The summed E-state index contributed by atoms with van der Waals surface area (Å²) >= 11 is 3.26. The highest BCUT2D eigenvalue weighted by atomic mass is 79.9. The van der Waals surface area contributed by atoms with E-state index in [0.29, 0.717) is 4.47 Å². The molecule has 6 heteroatoms. The van der Waals surface area contributed by atoms with E-state index < -0.39 is 10.0 Å². The number of aryl methyl sites for hydroxylation is 1. The van der Waals surface area contributed by atoms with Gasteiger partial charge in [0.1, 0.15) is 0 Å². The fourth-order valence-corrected chi connectivity index (χ4v) is 4.23. The molecule has 0 aromatic heterocycles. The van der Waals surface area contributed by atoms with Crippen LogP contribution in [0.1, 0.15) is 17.2 Å². The number of methoxy groups -OCH3 is 1. The average Bonchev–Trinajstić information content (AvgIpc) is 2.49. The van der Waals surface area contributed by atoms with Crippen molar-refractivity contribution < 1.29 is 13.2 Å². The molecule has 0 amide bonds. The first-order chi connectivity index (χ1) is 10.5. The number of hydrogen-bond acceptors (Lipinski definition) is 3. The van der Waals surface area contributed by atoms with Crippen molar-refractivity contribution in [3.63, 3.8) is 0 Å². The molecule has 0 bridgehead atoms. The molecular formula is C16H18BrNO3S. The molecule has 0 heterocycles. The second kappa shape index (κ2) is 7.37. The molecule has 0 radical (unpaired) electrons. The van der Waals surface area contributed by atoms with Crippen LogP contribution in [0.25, 0.3) is 0 Å². The van der Waals surface area contributed by atoms with Crippen LogP contribution < -0.4 is 4.72 Å². The quantitative estimate of drug-likeness (QED) is 0.831. The normalized spacial score (nSPS) is 13.0. The summed E-state index contributed by atoms with van der Waals surface area (Å²) in [6.07, 6.45) is -0.335. The molecule has 118 valence electrons. The van der Waals surface area contributed by atoms with E-state index in [1.807, 2.05) is 31.2 Å². The molecule has 2 aromatic rings. The largest absolute Gasteiger partial charge is 0.375 e. The smallest absolute Gasteiger partial charge is 0.241 e. The van der Waals surface area contributed by atoms with E-state index in [-0.39, 0.29) is 17.5 Å². The Hall–Kier alpha value is -1.21. The van der Waals surface area contributed by atoms with Crippen molar-refractivity contribution in [3.05, 3.63) is 64.1 Å². The molecule has 0 aliphatic heterocycles. The Labute approximate surface area is 139 Å². The summed E-state index contributed by atoms with van der Waals surface area (Å²) in [6.45, 7) is 2.15. The molecule has 0 spiro atoms. The van der Waals surface area contributed by atoms with Gasteiger partial charge in [0.15, 0.2) is 0 Å². The fourth-order valence-electron chi connectivity index (χ4n) is 2.19. The van der Waals surface area contributed by atoms with Crippen LogP contribution >= 0.6 is 15.9 Å². The first-order valence-electron chi connectivity index (χ1n) is 6.78. The number of sulfonamides is 1. The van der Waals surface area contributed by atoms with Gasteiger partial charge in [0.2, 0.25) is 10.0 Å². The van der Waals surface area contributed by atoms with E-state index in [1.165, 1.54) is 0 Å². The highest BCUT2D eigenvalue weighted by molar-refractivity contribution is 9.10. The predicted molar refractivity (Wildman–Crippen MR) is 90.3 cm³/mol. The zero-order valence-corrected chi connectivity index (χ0v) is 14.8. The lowest BCUT2D eigenvalue weighted by atomic mass is 10.0. The maximum atomic E-state index is 12.4. The molecule has 1 atom stereocenters. The van der Waals surface area contributed by atoms with Crippen molar-refractivity contribution in [2.45, 2.75) is 17.9 Å². The van der Waals surface area contributed by atoms with Crippen LogP contribution in [0.3, 0.4) is 0 Å². The molecule has 0 aliphatic carbocycles. The molecule has 0 aliphatic rings. The predicted octanol–water partition coefficient (Wildman–Crippen LogP) is 3.42. The van der Waals surface area contributed by atoms with E-state index in [4.69, 9.17) is 4.74 Å². The first-order valence-corrected chi connectivity index (χ1v) is 9.06. The van der Waals surface area contributed by atoms with Crippen molar-refractivity contribution in [3.8, 4) is 0 Å². The maximum Gasteiger partial charge on any atom is 0.241 e. The third kappa shape index (κ3) is 3.95. The molecule has 22 heavy (non-hydrogen) atoms. The van der Waals surface area contributed by atoms with Gasteiger partial charge >= 0.3 is 0 Å². The van der Waals surface area contributed by atoms with E-state index in [0.717, 1.165) is 11.1 Å². The van der Waals surface area contributed by atoms with E-state index >= 15 is 0 Å². The van der Waals surface area contributed by atoms with E-state index in [1.54, 1.807) is 31.4 Å². The fraction of sp³-hybridized carbons (Fsp3) is 0.250. The number of nitrogens with one attached hydrogen (secondary N) is 1. The summed E-state index contributed by atoms with van der Waals surface area (Å²) in [5.41, 5.74) is 2.04. The lowest BCUT2D eigenvalue weighted by molar-refractivity contribution is 0.107. The minimum absolute atomic E-state index is 0.172. The van der Waals surface area contributed by atoms with Gasteiger partial charge in [-0.25, -0.2) is 13.1 Å². The van der Waals surface area contributed by atoms with Crippen LogP contribution in [0.5, 0.6) is 0 Å². The average molecular weight is 384 g/mol. The van der Waals surface area contributed by atoms with Crippen molar-refractivity contribution in [2.24, 2.45) is 0 Å². The van der Waals surface area contributed by atoms with Gasteiger partial charge in [0.05, 0.1) is 11.0 Å². The molecule has 0 fully saturated rings. The number of halogens is 1. The molecular weight excluding hydrogens is 366 g/mol. The number of benzene rings is 2. The van der Waals surface area contributed by atoms with Gasteiger partial charge in [-0.15, -0.1) is 0 Å². The Morgan fingerprint density at radius 1 is 1.14 bits per heavy atom. The molecule has 0 unspecified atom stereocenters. The minimum atomic E-state index is -3.59. The van der Waals surface area contributed by atoms with Gasteiger partial charge < -0.3 is 4.74 Å². The van der Waals surface area contributed by atoms with Crippen LogP contribution in [-0.4, -0.2) is 22.1 Å². The summed E-state index contributed by atoms with van der Waals surface area (Å²) in [7, 11) is -2.02. The number of hydrogen-bond donors (Lipinski definition) is 1. The third-order valence-electron chi connectivity index (χ3n) is 3.40. The monoisotopic (exact) mass is 383 g/mol.